The van der Waals surface area contributed by atoms with Crippen LogP contribution in [-0.2, 0) is 0 Å². The fourth-order valence-electron chi connectivity index (χ4n) is 1.47. The normalized spacial score (nSPS) is 9.81. The molecule has 0 spiro atoms. The van der Waals surface area contributed by atoms with Gasteiger partial charge >= 0.3 is 0 Å². The molecule has 0 atom stereocenters. The molecular formula is C11H19ClN2OS. The lowest BCUT2D eigenvalue weighted by Gasteiger charge is -2.24. The topological polar surface area (TPSA) is 32.3 Å². The van der Waals surface area contributed by atoms with Gasteiger partial charge in [-0.1, -0.05) is 0 Å². The first kappa shape index (κ1) is 15.3. The van der Waals surface area contributed by atoms with Gasteiger partial charge in [0.05, 0.1) is 9.88 Å². The smallest absolute Gasteiger partial charge is 0.264 e. The average molecular weight is 263 g/mol. The monoisotopic (exact) mass is 262 g/mol. The highest BCUT2D eigenvalue weighted by atomic mass is 35.5. The second-order valence-electron chi connectivity index (χ2n) is 3.60. The van der Waals surface area contributed by atoms with E-state index in [1.807, 2.05) is 44.9 Å². The maximum absolute atomic E-state index is 12.1. The predicted octanol–water partition coefficient (Wildman–Crippen LogP) is 3.08. The Kier molecular flexibility index (Phi) is 6.45. The van der Waals surface area contributed by atoms with E-state index in [0.717, 1.165) is 16.4 Å². The number of nitrogens with zero attached hydrogens (tertiary/aromatic N) is 1. The lowest BCUT2D eigenvalue weighted by molar-refractivity contribution is 0.0722. The van der Waals surface area contributed by atoms with Crippen molar-refractivity contribution >= 4 is 34.7 Å². The van der Waals surface area contributed by atoms with Gasteiger partial charge in [0.1, 0.15) is 0 Å². The van der Waals surface area contributed by atoms with Gasteiger partial charge in [-0.05, 0) is 32.9 Å². The van der Waals surface area contributed by atoms with E-state index < -0.39 is 0 Å². The highest BCUT2D eigenvalue weighted by Crippen LogP contribution is 2.23. The number of rotatable bonds is 4. The van der Waals surface area contributed by atoms with Gasteiger partial charge in [-0.15, -0.1) is 23.7 Å². The van der Waals surface area contributed by atoms with Crippen LogP contribution in [0.2, 0.25) is 0 Å². The summed E-state index contributed by atoms with van der Waals surface area (Å²) in [6, 6.07) is 4.07. The van der Waals surface area contributed by atoms with Crippen LogP contribution in [0, 0.1) is 0 Å². The van der Waals surface area contributed by atoms with Crippen LogP contribution in [0.15, 0.2) is 12.1 Å². The molecule has 1 heterocycles. The second kappa shape index (κ2) is 6.76. The number of halogens is 1. The summed E-state index contributed by atoms with van der Waals surface area (Å²) in [6.45, 7) is 6.83. The van der Waals surface area contributed by atoms with Crippen LogP contribution in [0.4, 0.5) is 5.00 Å². The van der Waals surface area contributed by atoms with Crippen molar-refractivity contribution in [2.24, 2.45) is 0 Å². The molecule has 0 aliphatic rings. The molecule has 1 rings (SSSR count). The lowest BCUT2D eigenvalue weighted by Crippen LogP contribution is -2.36. The van der Waals surface area contributed by atoms with E-state index in [9.17, 15) is 4.79 Å². The average Bonchev–Trinajstić information content (AvgIpc) is 2.66. The third kappa shape index (κ3) is 3.39. The molecule has 0 saturated carbocycles. The van der Waals surface area contributed by atoms with Crippen LogP contribution in [0.1, 0.15) is 30.4 Å². The first-order valence-corrected chi connectivity index (χ1v) is 6.00. The molecule has 16 heavy (non-hydrogen) atoms. The highest BCUT2D eigenvalue weighted by molar-refractivity contribution is 7.17. The molecule has 1 aromatic heterocycles. The van der Waals surface area contributed by atoms with Crippen molar-refractivity contribution in [1.29, 1.82) is 0 Å². The number of thiophene rings is 1. The summed E-state index contributed by atoms with van der Waals surface area (Å²) in [5.74, 6) is 0.124. The molecular weight excluding hydrogens is 244 g/mol. The van der Waals surface area contributed by atoms with Crippen molar-refractivity contribution in [3.05, 3.63) is 17.0 Å². The Bertz CT molecular complexity index is 338. The standard InChI is InChI=1S/C11H18N2OS.ClH/c1-5-13(8(2)3)11(14)9-6-7-10(12-4)15-9;/h6-8,12H,5H2,1-4H3;1H. The van der Waals surface area contributed by atoms with Gasteiger partial charge in [0.25, 0.3) is 5.91 Å². The zero-order chi connectivity index (χ0) is 11.4. The molecule has 0 bridgehead atoms. The Morgan fingerprint density at radius 2 is 2.12 bits per heavy atom. The summed E-state index contributed by atoms with van der Waals surface area (Å²) in [7, 11) is 1.86. The van der Waals surface area contributed by atoms with Gasteiger partial charge < -0.3 is 10.2 Å². The number of amides is 1. The number of hydrogen-bond acceptors (Lipinski definition) is 3. The Hall–Kier alpha value is -0.740. The number of carbonyl (C=O) groups excluding carboxylic acids is 1. The van der Waals surface area contributed by atoms with Gasteiger partial charge in [0.15, 0.2) is 0 Å². The number of nitrogens with one attached hydrogen (secondary N) is 1. The third-order valence-electron chi connectivity index (χ3n) is 2.29. The van der Waals surface area contributed by atoms with E-state index in [2.05, 4.69) is 5.32 Å². The fourth-order valence-corrected chi connectivity index (χ4v) is 2.29. The van der Waals surface area contributed by atoms with Crippen molar-refractivity contribution in [2.75, 3.05) is 18.9 Å². The van der Waals surface area contributed by atoms with Gasteiger partial charge in [-0.25, -0.2) is 0 Å². The molecule has 1 amide bonds. The molecule has 92 valence electrons. The van der Waals surface area contributed by atoms with Crippen molar-refractivity contribution < 1.29 is 4.79 Å². The summed E-state index contributed by atoms with van der Waals surface area (Å²) in [6.07, 6.45) is 0. The number of carbonyl (C=O) groups is 1. The number of hydrogen-bond donors (Lipinski definition) is 1. The van der Waals surface area contributed by atoms with Gasteiger partial charge in [-0.3, -0.25) is 4.79 Å². The Morgan fingerprint density at radius 1 is 1.50 bits per heavy atom. The molecule has 0 radical (unpaired) electrons. The highest BCUT2D eigenvalue weighted by Gasteiger charge is 2.18. The first-order valence-electron chi connectivity index (χ1n) is 5.18. The van der Waals surface area contributed by atoms with Crippen molar-refractivity contribution in [1.82, 2.24) is 4.90 Å². The summed E-state index contributed by atoms with van der Waals surface area (Å²) in [5.41, 5.74) is 0. The summed E-state index contributed by atoms with van der Waals surface area (Å²) < 4.78 is 0. The van der Waals surface area contributed by atoms with E-state index in [0.29, 0.717) is 0 Å². The molecule has 0 unspecified atom stereocenters. The quantitative estimate of drug-likeness (QED) is 0.905. The van der Waals surface area contributed by atoms with E-state index in [1.54, 1.807) is 0 Å². The molecule has 1 aromatic rings. The van der Waals surface area contributed by atoms with E-state index in [4.69, 9.17) is 0 Å². The number of anilines is 1. The minimum absolute atomic E-state index is 0. The molecule has 5 heteroatoms. The summed E-state index contributed by atoms with van der Waals surface area (Å²) in [4.78, 5) is 14.7. The van der Waals surface area contributed by atoms with E-state index in [1.165, 1.54) is 11.3 Å². The zero-order valence-electron chi connectivity index (χ0n) is 10.1. The van der Waals surface area contributed by atoms with Crippen LogP contribution < -0.4 is 5.32 Å². The molecule has 0 aliphatic heterocycles. The summed E-state index contributed by atoms with van der Waals surface area (Å²) in [5, 5.41) is 4.06. The van der Waals surface area contributed by atoms with Crippen LogP contribution >= 0.6 is 23.7 Å². The fraction of sp³-hybridized carbons (Fsp3) is 0.545. The minimum atomic E-state index is 0. The second-order valence-corrected chi connectivity index (χ2v) is 4.68. The lowest BCUT2D eigenvalue weighted by atomic mass is 10.3. The van der Waals surface area contributed by atoms with Gasteiger partial charge in [-0.2, -0.15) is 0 Å². The molecule has 0 aliphatic carbocycles. The van der Waals surface area contributed by atoms with Gasteiger partial charge in [0, 0.05) is 19.6 Å². The Morgan fingerprint density at radius 3 is 2.50 bits per heavy atom. The molecule has 1 N–H and O–H groups in total. The van der Waals surface area contributed by atoms with Crippen molar-refractivity contribution in [3.63, 3.8) is 0 Å². The van der Waals surface area contributed by atoms with E-state index in [-0.39, 0.29) is 24.4 Å². The molecule has 0 saturated heterocycles. The first-order chi connectivity index (χ1) is 7.10. The minimum Gasteiger partial charge on any atom is -0.380 e. The van der Waals surface area contributed by atoms with Crippen molar-refractivity contribution in [3.8, 4) is 0 Å². The SMILES string of the molecule is CCN(C(=O)c1ccc(NC)s1)C(C)C.Cl. The van der Waals surface area contributed by atoms with Crippen LogP contribution in [0.5, 0.6) is 0 Å². The maximum Gasteiger partial charge on any atom is 0.264 e. The third-order valence-corrected chi connectivity index (χ3v) is 3.38. The van der Waals surface area contributed by atoms with Crippen molar-refractivity contribution in [2.45, 2.75) is 26.8 Å². The maximum atomic E-state index is 12.1. The largest absolute Gasteiger partial charge is 0.380 e. The van der Waals surface area contributed by atoms with Crippen LogP contribution in [-0.4, -0.2) is 30.4 Å². The Balaban J connectivity index is 0.00000225. The van der Waals surface area contributed by atoms with Crippen LogP contribution in [0.3, 0.4) is 0 Å². The van der Waals surface area contributed by atoms with Crippen LogP contribution in [0.25, 0.3) is 0 Å². The van der Waals surface area contributed by atoms with Gasteiger partial charge in [0.2, 0.25) is 0 Å². The predicted molar refractivity (Wildman–Crippen MR) is 73.0 cm³/mol. The van der Waals surface area contributed by atoms with E-state index >= 15 is 0 Å². The molecule has 0 fully saturated rings. The zero-order valence-corrected chi connectivity index (χ0v) is 11.7. The molecule has 3 nitrogen and oxygen atoms in total. The Labute approximate surface area is 107 Å². The summed E-state index contributed by atoms with van der Waals surface area (Å²) >= 11 is 1.50. The molecule has 0 aromatic carbocycles.